The second-order valence-corrected chi connectivity index (χ2v) is 13.7. The lowest BCUT2D eigenvalue weighted by Gasteiger charge is -2.58. The van der Waals surface area contributed by atoms with Gasteiger partial charge in [-0.15, -0.1) is 0 Å². The molecule has 0 aliphatic heterocycles. The molecule has 0 spiro atoms. The third-order valence-electron chi connectivity index (χ3n) is 10.9. The Morgan fingerprint density at radius 3 is 2.34 bits per heavy atom. The van der Waals surface area contributed by atoms with Gasteiger partial charge in [-0.25, -0.2) is 0 Å². The molecule has 1 fully saturated rings. The molecule has 2 N–H and O–H groups in total. The van der Waals surface area contributed by atoms with Gasteiger partial charge in [-0.2, -0.15) is 0 Å². The van der Waals surface area contributed by atoms with Crippen molar-refractivity contribution in [1.29, 1.82) is 0 Å². The van der Waals surface area contributed by atoms with E-state index in [0.29, 0.717) is 42.1 Å². The normalized spacial score (nSPS) is 36.0. The zero-order valence-corrected chi connectivity index (χ0v) is 24.3. The van der Waals surface area contributed by atoms with Crippen LogP contribution in [0.3, 0.4) is 0 Å². The Morgan fingerprint density at radius 1 is 1.11 bits per heavy atom. The summed E-state index contributed by atoms with van der Waals surface area (Å²) >= 11 is 0. The number of aromatic hydroxyl groups is 1. The molecule has 0 saturated heterocycles. The molecule has 5 rings (SSSR count). The van der Waals surface area contributed by atoms with E-state index in [1.165, 1.54) is 32.6 Å². The molecule has 0 radical (unpaired) electrons. The van der Waals surface area contributed by atoms with Crippen LogP contribution >= 0.6 is 0 Å². The van der Waals surface area contributed by atoms with Crippen LogP contribution in [0.15, 0.2) is 41.0 Å². The van der Waals surface area contributed by atoms with Crippen LogP contribution in [0.2, 0.25) is 0 Å². The van der Waals surface area contributed by atoms with Gasteiger partial charge in [0.25, 0.3) is 0 Å². The number of carbonyl (C=O) groups excluding carboxylic acids is 2. The van der Waals surface area contributed by atoms with Crippen LogP contribution < -0.4 is 0 Å². The molecule has 38 heavy (non-hydrogen) atoms. The Kier molecular flexibility index (Phi) is 6.26. The first kappa shape index (κ1) is 27.1. The first-order chi connectivity index (χ1) is 17.7. The van der Waals surface area contributed by atoms with E-state index in [0.717, 1.165) is 33.8 Å². The molecule has 4 aliphatic carbocycles. The van der Waals surface area contributed by atoms with Crippen molar-refractivity contribution >= 4 is 17.1 Å². The largest absolute Gasteiger partial charge is 0.507 e. The molecule has 0 heterocycles. The van der Waals surface area contributed by atoms with Crippen LogP contribution in [-0.2, 0) is 16.0 Å². The molecular formula is C34H44O4. The molecule has 204 valence electrons. The van der Waals surface area contributed by atoms with Crippen LogP contribution in [0.25, 0.3) is 5.57 Å². The minimum absolute atomic E-state index is 0.135. The van der Waals surface area contributed by atoms with Gasteiger partial charge in [0, 0.05) is 11.0 Å². The van der Waals surface area contributed by atoms with E-state index in [1.54, 1.807) is 0 Å². The van der Waals surface area contributed by atoms with Crippen molar-refractivity contribution in [2.24, 2.45) is 22.7 Å². The van der Waals surface area contributed by atoms with E-state index in [4.69, 9.17) is 0 Å². The number of fused-ring (bicyclic) bond motifs is 3. The van der Waals surface area contributed by atoms with Gasteiger partial charge >= 0.3 is 0 Å². The van der Waals surface area contributed by atoms with E-state index < -0.39 is 16.8 Å². The number of phenols is 1. The van der Waals surface area contributed by atoms with Gasteiger partial charge in [0.2, 0.25) is 5.78 Å². The lowest BCUT2D eigenvalue weighted by atomic mass is 9.46. The number of allylic oxidation sites excluding steroid dienone is 3. The molecule has 0 amide bonds. The number of ketones is 2. The number of rotatable bonds is 3. The second-order valence-electron chi connectivity index (χ2n) is 13.7. The summed E-state index contributed by atoms with van der Waals surface area (Å²) in [6.07, 6.45) is 6.63. The number of carbonyl (C=O) groups is 2. The summed E-state index contributed by atoms with van der Waals surface area (Å²) in [7, 11) is 0. The van der Waals surface area contributed by atoms with Crippen LogP contribution in [-0.4, -0.2) is 27.4 Å². The van der Waals surface area contributed by atoms with E-state index in [2.05, 4.69) is 39.5 Å². The SMILES string of the molecule is C=C1C2=C(C)[C@]3(O)C(=O)C(C(C)=O)=C(C)C[C@@]3(C)C[C@@]2(C)Cc2ccc(C(C)C3CCC(C)CC3)c(O)c21. The minimum Gasteiger partial charge on any atom is -0.507 e. The lowest BCUT2D eigenvalue weighted by Crippen LogP contribution is -2.62. The highest BCUT2D eigenvalue weighted by Gasteiger charge is 2.64. The first-order valence-electron chi connectivity index (χ1n) is 14.4. The quantitative estimate of drug-likeness (QED) is 0.416. The molecule has 1 aromatic carbocycles. The molecule has 4 aliphatic rings. The number of aliphatic hydroxyl groups is 1. The Balaban J connectivity index is 1.63. The number of hydrogen-bond donors (Lipinski definition) is 2. The van der Waals surface area contributed by atoms with Crippen molar-refractivity contribution in [3.8, 4) is 5.75 Å². The van der Waals surface area contributed by atoms with Gasteiger partial charge in [-0.1, -0.05) is 64.8 Å². The van der Waals surface area contributed by atoms with Gasteiger partial charge in [0.1, 0.15) is 5.75 Å². The van der Waals surface area contributed by atoms with Crippen molar-refractivity contribution in [3.63, 3.8) is 0 Å². The highest BCUT2D eigenvalue weighted by Crippen LogP contribution is 2.65. The molecule has 4 nitrogen and oxygen atoms in total. The third kappa shape index (κ3) is 3.58. The molecule has 1 unspecified atom stereocenters. The summed E-state index contributed by atoms with van der Waals surface area (Å²) in [5.41, 5.74) is 3.01. The number of Topliss-reactive ketones (excluding diaryl/α,β-unsaturated/α-hetero) is 2. The Bertz CT molecular complexity index is 1320. The second kappa shape index (κ2) is 8.78. The standard InChI is InChI=1S/C34H44O4/c1-18-9-11-24(12-10-18)20(3)26-14-13-25-16-32(7)17-33(8)15-19(2)27(23(6)35)31(37)34(33,38)22(5)29(32)21(4)28(25)30(26)36/h13-14,18,20,24,36,38H,4,9-12,15-17H2,1-3,5-8H3/t18?,20?,24?,32-,33+,34+/m1/s1. The molecule has 0 bridgehead atoms. The molecule has 1 saturated carbocycles. The fourth-order valence-corrected chi connectivity index (χ4v) is 9.13. The maximum Gasteiger partial charge on any atom is 0.202 e. The minimum atomic E-state index is -1.78. The smallest absolute Gasteiger partial charge is 0.202 e. The van der Waals surface area contributed by atoms with Crippen LogP contribution in [0.4, 0.5) is 0 Å². The van der Waals surface area contributed by atoms with Gasteiger partial charge in [-0.3, -0.25) is 9.59 Å². The van der Waals surface area contributed by atoms with Crippen molar-refractivity contribution in [3.05, 3.63) is 57.7 Å². The summed E-state index contributed by atoms with van der Waals surface area (Å²) < 4.78 is 0. The summed E-state index contributed by atoms with van der Waals surface area (Å²) in [6.45, 7) is 18.3. The van der Waals surface area contributed by atoms with Crippen molar-refractivity contribution < 1.29 is 19.8 Å². The zero-order chi connectivity index (χ0) is 27.9. The zero-order valence-electron chi connectivity index (χ0n) is 24.3. The van der Waals surface area contributed by atoms with E-state index in [-0.39, 0.29) is 22.7 Å². The molecule has 1 aromatic rings. The highest BCUT2D eigenvalue weighted by molar-refractivity contribution is 6.24. The third-order valence-corrected chi connectivity index (χ3v) is 10.9. The molecule has 0 aromatic heterocycles. The number of phenolic OH excluding ortho intramolecular Hbond substituents is 1. The fourth-order valence-electron chi connectivity index (χ4n) is 9.13. The fraction of sp³-hybridized carbons (Fsp3) is 0.588. The topological polar surface area (TPSA) is 74.6 Å². The van der Waals surface area contributed by atoms with E-state index >= 15 is 0 Å². The summed E-state index contributed by atoms with van der Waals surface area (Å²) in [5, 5.41) is 24.0. The van der Waals surface area contributed by atoms with Crippen LogP contribution in [0.1, 0.15) is 110 Å². The van der Waals surface area contributed by atoms with Gasteiger partial charge in [0.05, 0.1) is 5.57 Å². The monoisotopic (exact) mass is 516 g/mol. The summed E-state index contributed by atoms with van der Waals surface area (Å²) in [4.78, 5) is 26.3. The van der Waals surface area contributed by atoms with Crippen molar-refractivity contribution in [2.75, 3.05) is 0 Å². The van der Waals surface area contributed by atoms with E-state index in [1.807, 2.05) is 20.8 Å². The van der Waals surface area contributed by atoms with Gasteiger partial charge in [-0.05, 0) is 104 Å². The molecule has 4 atom stereocenters. The number of hydrogen-bond acceptors (Lipinski definition) is 4. The summed E-state index contributed by atoms with van der Waals surface area (Å²) in [6, 6.07) is 4.29. The molecule has 4 heteroatoms. The Morgan fingerprint density at radius 2 is 1.74 bits per heavy atom. The van der Waals surface area contributed by atoms with Crippen molar-refractivity contribution in [1.82, 2.24) is 0 Å². The van der Waals surface area contributed by atoms with Gasteiger partial charge in [0.15, 0.2) is 11.4 Å². The average molecular weight is 517 g/mol. The maximum absolute atomic E-state index is 13.8. The van der Waals surface area contributed by atoms with Crippen LogP contribution in [0, 0.1) is 22.7 Å². The summed E-state index contributed by atoms with van der Waals surface area (Å²) in [5.74, 6) is 1.09. The predicted octanol–water partition coefficient (Wildman–Crippen LogP) is 7.23. The highest BCUT2D eigenvalue weighted by atomic mass is 16.3. The van der Waals surface area contributed by atoms with Crippen LogP contribution in [0.5, 0.6) is 5.75 Å². The first-order valence-corrected chi connectivity index (χ1v) is 14.4. The Hall–Kier alpha value is -2.46. The predicted molar refractivity (Wildman–Crippen MR) is 152 cm³/mol. The molecular weight excluding hydrogens is 472 g/mol. The Labute approximate surface area is 227 Å². The van der Waals surface area contributed by atoms with E-state index in [9.17, 15) is 19.8 Å². The maximum atomic E-state index is 13.8. The van der Waals surface area contributed by atoms with Crippen molar-refractivity contribution in [2.45, 2.75) is 105 Å². The number of benzene rings is 1. The lowest BCUT2D eigenvalue weighted by molar-refractivity contribution is -0.150. The average Bonchev–Trinajstić information content (AvgIpc) is 2.81. The van der Waals surface area contributed by atoms with Gasteiger partial charge < -0.3 is 10.2 Å².